The van der Waals surface area contributed by atoms with Crippen LogP contribution in [0.15, 0.2) is 0 Å². The zero-order valence-electron chi connectivity index (χ0n) is 11.2. The second-order valence-corrected chi connectivity index (χ2v) is 4.17. The number of hydrogen-bond donors (Lipinski definition) is 1. The monoisotopic (exact) mass is 246 g/mol. The molecule has 0 spiro atoms. The van der Waals surface area contributed by atoms with E-state index in [9.17, 15) is 0 Å². The molecule has 0 radical (unpaired) electrons. The maximum absolute atomic E-state index is 5.88. The van der Waals surface area contributed by atoms with Crippen molar-refractivity contribution in [2.45, 2.75) is 40.5 Å². The molecule has 0 bridgehead atoms. The molecule has 6 nitrogen and oxygen atoms in total. The molecule has 2 rings (SSSR count). The Labute approximate surface area is 106 Å². The Kier molecular flexibility index (Phi) is 3.27. The van der Waals surface area contributed by atoms with Crippen molar-refractivity contribution in [2.75, 3.05) is 5.73 Å². The number of hydrogen-bond acceptors (Lipinski definition) is 5. The van der Waals surface area contributed by atoms with E-state index in [0.717, 1.165) is 35.9 Å². The van der Waals surface area contributed by atoms with Gasteiger partial charge < -0.3 is 5.73 Å². The van der Waals surface area contributed by atoms with Gasteiger partial charge in [0.1, 0.15) is 17.5 Å². The highest BCUT2D eigenvalue weighted by Crippen LogP contribution is 2.17. The van der Waals surface area contributed by atoms with E-state index in [1.165, 1.54) is 0 Å². The molecule has 18 heavy (non-hydrogen) atoms. The second kappa shape index (κ2) is 4.72. The van der Waals surface area contributed by atoms with Gasteiger partial charge in [-0.15, -0.1) is 5.10 Å². The van der Waals surface area contributed by atoms with Crippen LogP contribution in [0.1, 0.15) is 36.9 Å². The molecule has 2 aromatic rings. The molecule has 2 aromatic heterocycles. The van der Waals surface area contributed by atoms with Gasteiger partial charge in [-0.1, -0.05) is 13.8 Å². The highest BCUT2D eigenvalue weighted by Gasteiger charge is 2.14. The van der Waals surface area contributed by atoms with Crippen molar-refractivity contribution in [1.29, 1.82) is 0 Å². The normalized spacial score (nSPS) is 10.9. The third-order valence-corrected chi connectivity index (χ3v) is 2.82. The largest absolute Gasteiger partial charge is 0.383 e. The summed E-state index contributed by atoms with van der Waals surface area (Å²) in [5.74, 6) is 3.58. The molecule has 0 fully saturated rings. The summed E-state index contributed by atoms with van der Waals surface area (Å²) in [5, 5.41) is 4.47. The first-order valence-electron chi connectivity index (χ1n) is 6.12. The molecule has 0 aliphatic carbocycles. The minimum Gasteiger partial charge on any atom is -0.383 e. The van der Waals surface area contributed by atoms with E-state index in [1.54, 1.807) is 4.68 Å². The number of anilines is 1. The summed E-state index contributed by atoms with van der Waals surface area (Å²) in [6.07, 6.45) is 1.61. The lowest BCUT2D eigenvalue weighted by Gasteiger charge is -2.09. The Balaban J connectivity index is 2.64. The van der Waals surface area contributed by atoms with E-state index in [1.807, 2.05) is 27.7 Å². The van der Waals surface area contributed by atoms with E-state index >= 15 is 0 Å². The molecule has 2 N–H and O–H groups in total. The van der Waals surface area contributed by atoms with Crippen LogP contribution in [0.5, 0.6) is 0 Å². The zero-order chi connectivity index (χ0) is 13.3. The third kappa shape index (κ3) is 2.05. The number of nitrogen functional groups attached to an aromatic ring is 1. The van der Waals surface area contributed by atoms with Crippen LogP contribution in [0.3, 0.4) is 0 Å². The number of nitrogens with zero attached hydrogens (tertiary/aromatic N) is 5. The Hall–Kier alpha value is -1.98. The van der Waals surface area contributed by atoms with Gasteiger partial charge in [-0.05, 0) is 13.8 Å². The Morgan fingerprint density at radius 1 is 1.06 bits per heavy atom. The van der Waals surface area contributed by atoms with Crippen molar-refractivity contribution in [1.82, 2.24) is 24.7 Å². The van der Waals surface area contributed by atoms with Gasteiger partial charge in [0.15, 0.2) is 11.6 Å². The number of aromatic nitrogens is 5. The first kappa shape index (κ1) is 12.5. The van der Waals surface area contributed by atoms with Gasteiger partial charge >= 0.3 is 0 Å². The van der Waals surface area contributed by atoms with E-state index in [0.29, 0.717) is 11.6 Å². The van der Waals surface area contributed by atoms with E-state index in [-0.39, 0.29) is 0 Å². The van der Waals surface area contributed by atoms with Crippen molar-refractivity contribution in [3.05, 3.63) is 23.0 Å². The molecule has 0 saturated heterocycles. The Morgan fingerprint density at radius 2 is 1.78 bits per heavy atom. The van der Waals surface area contributed by atoms with Gasteiger partial charge in [0.25, 0.3) is 0 Å². The number of nitrogens with two attached hydrogens (primary N) is 1. The van der Waals surface area contributed by atoms with Gasteiger partial charge in [0, 0.05) is 18.4 Å². The molecule has 0 amide bonds. The van der Waals surface area contributed by atoms with E-state index in [2.05, 4.69) is 20.1 Å². The van der Waals surface area contributed by atoms with Crippen LogP contribution >= 0.6 is 0 Å². The molecule has 0 unspecified atom stereocenters. The van der Waals surface area contributed by atoms with Gasteiger partial charge in [-0.2, -0.15) is 4.68 Å². The van der Waals surface area contributed by atoms with Crippen LogP contribution in [-0.2, 0) is 12.8 Å². The van der Waals surface area contributed by atoms with Crippen molar-refractivity contribution < 1.29 is 0 Å². The maximum Gasteiger partial charge on any atom is 0.164 e. The van der Waals surface area contributed by atoms with Crippen molar-refractivity contribution in [3.63, 3.8) is 0 Å². The lowest BCUT2D eigenvalue weighted by Crippen LogP contribution is -2.11. The van der Waals surface area contributed by atoms with Gasteiger partial charge in [0.2, 0.25) is 0 Å². The predicted molar refractivity (Wildman–Crippen MR) is 69.6 cm³/mol. The van der Waals surface area contributed by atoms with Gasteiger partial charge in [-0.3, -0.25) is 0 Å². The molecule has 0 aliphatic rings. The fourth-order valence-corrected chi connectivity index (χ4v) is 1.78. The lowest BCUT2D eigenvalue weighted by molar-refractivity contribution is 0.754. The third-order valence-electron chi connectivity index (χ3n) is 2.82. The first-order valence-corrected chi connectivity index (χ1v) is 6.12. The SMILES string of the molecule is CCc1nc(CC)n(-c2nc(C)nc(N)c2C)n1. The Bertz CT molecular complexity index is 572. The summed E-state index contributed by atoms with van der Waals surface area (Å²) in [5.41, 5.74) is 6.71. The van der Waals surface area contributed by atoms with Crippen molar-refractivity contribution in [3.8, 4) is 5.82 Å². The minimum atomic E-state index is 0.494. The van der Waals surface area contributed by atoms with Crippen molar-refractivity contribution >= 4 is 5.82 Å². The van der Waals surface area contributed by atoms with Crippen molar-refractivity contribution in [2.24, 2.45) is 0 Å². The molecule has 0 aliphatic heterocycles. The van der Waals surface area contributed by atoms with Crippen LogP contribution in [0.25, 0.3) is 5.82 Å². The minimum absolute atomic E-state index is 0.494. The van der Waals surface area contributed by atoms with E-state index < -0.39 is 0 Å². The average molecular weight is 246 g/mol. The Morgan fingerprint density at radius 3 is 2.39 bits per heavy atom. The van der Waals surface area contributed by atoms with Gasteiger partial charge in [0.05, 0.1) is 0 Å². The van der Waals surface area contributed by atoms with Gasteiger partial charge in [-0.25, -0.2) is 15.0 Å². The molecular weight excluding hydrogens is 228 g/mol. The molecule has 2 heterocycles. The van der Waals surface area contributed by atoms with Crippen LogP contribution < -0.4 is 5.73 Å². The predicted octanol–water partition coefficient (Wildman–Crippen LogP) is 1.38. The summed E-state index contributed by atoms with van der Waals surface area (Å²) in [4.78, 5) is 13.1. The van der Waals surface area contributed by atoms with E-state index in [4.69, 9.17) is 5.73 Å². The summed E-state index contributed by atoms with van der Waals surface area (Å²) in [7, 11) is 0. The molecule has 6 heteroatoms. The quantitative estimate of drug-likeness (QED) is 0.884. The lowest BCUT2D eigenvalue weighted by atomic mass is 10.3. The van der Waals surface area contributed by atoms with Crippen LogP contribution in [-0.4, -0.2) is 24.7 Å². The molecule has 0 atom stereocenters. The van der Waals surface area contributed by atoms with Crippen LogP contribution in [0.4, 0.5) is 5.82 Å². The smallest absolute Gasteiger partial charge is 0.164 e. The fourth-order valence-electron chi connectivity index (χ4n) is 1.78. The zero-order valence-corrected chi connectivity index (χ0v) is 11.2. The average Bonchev–Trinajstić information content (AvgIpc) is 2.76. The van der Waals surface area contributed by atoms with Crippen LogP contribution in [0, 0.1) is 13.8 Å². The second-order valence-electron chi connectivity index (χ2n) is 4.17. The first-order chi connectivity index (χ1) is 8.56. The maximum atomic E-state index is 5.88. The molecule has 0 saturated carbocycles. The summed E-state index contributed by atoms with van der Waals surface area (Å²) in [6.45, 7) is 7.80. The standard InChI is InChI=1S/C12H18N6/c1-5-9-16-10(6-2)18(17-9)12-7(3)11(13)14-8(4)15-12/h5-6H2,1-4H3,(H2,13,14,15). The molecule has 96 valence electrons. The fraction of sp³-hybridized carbons (Fsp3) is 0.500. The topological polar surface area (TPSA) is 82.5 Å². The molecule has 0 aromatic carbocycles. The number of aryl methyl sites for hydroxylation is 3. The number of rotatable bonds is 3. The summed E-state index contributed by atoms with van der Waals surface area (Å²) < 4.78 is 1.78. The highest BCUT2D eigenvalue weighted by atomic mass is 15.4. The van der Waals surface area contributed by atoms with Crippen LogP contribution in [0.2, 0.25) is 0 Å². The highest BCUT2D eigenvalue weighted by molar-refractivity contribution is 5.48. The molecular formula is C12H18N6. The summed E-state index contributed by atoms with van der Waals surface area (Å²) >= 11 is 0. The summed E-state index contributed by atoms with van der Waals surface area (Å²) in [6, 6.07) is 0.